The van der Waals surface area contributed by atoms with E-state index in [2.05, 4.69) is 88.4 Å². The number of rotatable bonds is 10. The van der Waals surface area contributed by atoms with Gasteiger partial charge < -0.3 is 24.8 Å². The molecule has 4 atom stereocenters. The van der Waals surface area contributed by atoms with E-state index in [9.17, 15) is 0 Å². The molecular formula is C38H52Cl2P2Ti. The summed E-state index contributed by atoms with van der Waals surface area (Å²) < 4.78 is 1.43. The largest absolute Gasteiger partial charge is 1.00 e. The van der Waals surface area contributed by atoms with Crippen molar-refractivity contribution in [2.24, 2.45) is 0 Å². The molecule has 232 valence electrons. The molecule has 0 nitrogen and oxygen atoms in total. The van der Waals surface area contributed by atoms with Gasteiger partial charge in [-0.05, 0) is 0 Å². The number of hydrogen-bond acceptors (Lipinski definition) is 0. The van der Waals surface area contributed by atoms with Crippen molar-refractivity contribution in [1.29, 1.82) is 0 Å². The van der Waals surface area contributed by atoms with Crippen LogP contribution in [0.1, 0.15) is 135 Å². The minimum atomic E-state index is -0.311. The van der Waals surface area contributed by atoms with E-state index in [0.29, 0.717) is 4.22 Å². The summed E-state index contributed by atoms with van der Waals surface area (Å²) in [5.74, 6) is 0. The summed E-state index contributed by atoms with van der Waals surface area (Å²) in [6, 6.07) is 19.2. The standard InChI is InChI=1S/C21H28P.C17H24P.2ClH.Ti/c1-3-11-19(12-4-1)22(20-13-5-2-6-14-20)21-15-17-9-7-8-10-18(17)16-21;1-5-13(3)18(14(4)6-2)17-11-15-9-7-8-10-16(15)12-17;;;/h7-10,15-16,19-20H,1-6,11-14H2;7-14H,5-6H2,1-4H3;2*1H;/q;;;;+2/p-2. The van der Waals surface area contributed by atoms with Crippen LogP contribution in [0.5, 0.6) is 0 Å². The fourth-order valence-electron chi connectivity index (χ4n) is 8.35. The Bertz CT molecular complexity index is 1220. The van der Waals surface area contributed by atoms with Crippen molar-refractivity contribution in [3.63, 3.8) is 0 Å². The van der Waals surface area contributed by atoms with Gasteiger partial charge in [0.1, 0.15) is 0 Å². The van der Waals surface area contributed by atoms with E-state index in [1.807, 2.05) is 10.6 Å². The van der Waals surface area contributed by atoms with Gasteiger partial charge in [0.2, 0.25) is 0 Å². The zero-order valence-electron chi connectivity index (χ0n) is 26.9. The van der Waals surface area contributed by atoms with E-state index in [0.717, 1.165) is 26.9 Å². The van der Waals surface area contributed by atoms with Crippen LogP contribution in [0.2, 0.25) is 0 Å². The molecule has 43 heavy (non-hydrogen) atoms. The molecule has 4 unspecified atom stereocenters. The van der Waals surface area contributed by atoms with Crippen molar-refractivity contribution in [3.05, 3.63) is 81.4 Å². The molecule has 2 aromatic rings. The first kappa shape index (κ1) is 35.9. The van der Waals surface area contributed by atoms with Gasteiger partial charge in [-0.25, -0.2) is 0 Å². The van der Waals surface area contributed by atoms with Crippen molar-refractivity contribution >= 4 is 28.0 Å². The number of allylic oxidation sites excluding steroid dienone is 2. The zero-order valence-corrected chi connectivity index (χ0v) is 31.7. The zero-order chi connectivity index (χ0) is 28.3. The van der Waals surface area contributed by atoms with Crippen LogP contribution in [0.4, 0.5) is 0 Å². The van der Waals surface area contributed by atoms with Gasteiger partial charge >= 0.3 is 264 Å². The summed E-state index contributed by atoms with van der Waals surface area (Å²) >= 11 is -0.311. The Morgan fingerprint density at radius 3 is 1.51 bits per heavy atom. The molecule has 4 aliphatic carbocycles. The van der Waals surface area contributed by atoms with Gasteiger partial charge in [-0.1, -0.05) is 0 Å². The molecule has 0 bridgehead atoms. The molecule has 0 radical (unpaired) electrons. The van der Waals surface area contributed by atoms with E-state index in [1.54, 1.807) is 22.3 Å². The van der Waals surface area contributed by atoms with Gasteiger partial charge in [-0.2, -0.15) is 0 Å². The minimum absolute atomic E-state index is 0. The topological polar surface area (TPSA) is 0 Å². The second-order valence-corrected chi connectivity index (χ2v) is 21.6. The number of fused-ring (bicyclic) bond motifs is 2. The number of halogens is 2. The van der Waals surface area contributed by atoms with E-state index in [1.165, 1.54) is 77.0 Å². The minimum Gasteiger partial charge on any atom is -1.00 e. The molecule has 5 heteroatoms. The molecule has 0 heterocycles. The molecule has 0 aliphatic heterocycles. The van der Waals surface area contributed by atoms with Gasteiger partial charge in [0.05, 0.1) is 0 Å². The molecule has 0 N–H and O–H groups in total. The summed E-state index contributed by atoms with van der Waals surface area (Å²) in [4.78, 5) is 0. The Morgan fingerprint density at radius 1 is 0.628 bits per heavy atom. The van der Waals surface area contributed by atoms with Gasteiger partial charge in [-0.3, -0.25) is 0 Å². The third-order valence-corrected chi connectivity index (χ3v) is 21.8. The van der Waals surface area contributed by atoms with E-state index in [-0.39, 0.29) is 59.8 Å². The molecule has 6 rings (SSSR count). The maximum absolute atomic E-state index is 2.79. The van der Waals surface area contributed by atoms with Crippen LogP contribution < -0.4 is 24.8 Å². The first-order valence-electron chi connectivity index (χ1n) is 17.0. The Balaban J connectivity index is 0.00000212. The molecule has 0 amide bonds. The Morgan fingerprint density at radius 2 is 1.05 bits per heavy atom. The SMILES string of the molecule is CCC(C)P(C1=Cc2ccccc2[CH]1[Ti+2][CH]1C(P(C2CCCCC2)C2CCCCC2)=Cc2ccccc21)C(C)CC.[Cl-].[Cl-]. The van der Waals surface area contributed by atoms with Crippen molar-refractivity contribution in [1.82, 2.24) is 0 Å². The Kier molecular flexibility index (Phi) is 14.0. The summed E-state index contributed by atoms with van der Waals surface area (Å²) in [7, 11) is -0.187. The van der Waals surface area contributed by atoms with E-state index < -0.39 is 0 Å². The van der Waals surface area contributed by atoms with Crippen LogP contribution in [-0.2, 0) is 19.2 Å². The molecule has 2 aromatic carbocycles. The first-order chi connectivity index (χ1) is 20.1. The van der Waals surface area contributed by atoms with Gasteiger partial charge in [0.15, 0.2) is 0 Å². The van der Waals surface area contributed by atoms with Gasteiger partial charge in [0, 0.05) is 0 Å². The quantitative estimate of drug-likeness (QED) is 0.198. The number of benzene rings is 2. The first-order valence-corrected chi connectivity index (χ1v) is 21.8. The fourth-order valence-corrected chi connectivity index (χ4v) is 20.5. The summed E-state index contributed by atoms with van der Waals surface area (Å²) in [6.07, 6.45) is 23.0. The van der Waals surface area contributed by atoms with Crippen molar-refractivity contribution in [2.75, 3.05) is 0 Å². The van der Waals surface area contributed by atoms with Crippen molar-refractivity contribution < 1.29 is 44.0 Å². The smallest absolute Gasteiger partial charge is 1.00 e. The van der Waals surface area contributed by atoms with Crippen LogP contribution in [0.25, 0.3) is 12.2 Å². The van der Waals surface area contributed by atoms with Gasteiger partial charge in [0.25, 0.3) is 0 Å². The predicted molar refractivity (Wildman–Crippen MR) is 181 cm³/mol. The molecule has 0 aromatic heterocycles. The maximum Gasteiger partial charge on any atom is -1.00 e. The Hall–Kier alpha value is 0.0743. The molecule has 2 saturated carbocycles. The third-order valence-electron chi connectivity index (χ3n) is 10.8. The van der Waals surface area contributed by atoms with Crippen LogP contribution in [0.3, 0.4) is 0 Å². The predicted octanol–water partition coefficient (Wildman–Crippen LogP) is 6.49. The second kappa shape index (κ2) is 16.8. The summed E-state index contributed by atoms with van der Waals surface area (Å²) in [6.45, 7) is 10.0. The third kappa shape index (κ3) is 7.63. The average Bonchev–Trinajstić information content (AvgIpc) is 3.56. The van der Waals surface area contributed by atoms with Crippen LogP contribution in [0, 0.1) is 0 Å². The molecule has 2 fully saturated rings. The van der Waals surface area contributed by atoms with E-state index in [4.69, 9.17) is 0 Å². The van der Waals surface area contributed by atoms with Crippen LogP contribution >= 0.6 is 15.8 Å². The number of hydrogen-bond donors (Lipinski definition) is 0. The van der Waals surface area contributed by atoms with E-state index >= 15 is 0 Å². The van der Waals surface area contributed by atoms with Crippen molar-refractivity contribution in [3.8, 4) is 0 Å². The van der Waals surface area contributed by atoms with Crippen molar-refractivity contribution in [2.45, 2.75) is 136 Å². The molecule has 0 spiro atoms. The van der Waals surface area contributed by atoms with Crippen LogP contribution in [0.15, 0.2) is 59.2 Å². The summed E-state index contributed by atoms with van der Waals surface area (Å²) in [5, 5.41) is 3.86. The van der Waals surface area contributed by atoms with Gasteiger partial charge in [-0.15, -0.1) is 0 Å². The molecule has 4 aliphatic rings. The molecular weight excluding hydrogens is 637 g/mol. The maximum atomic E-state index is 2.79. The molecule has 0 saturated heterocycles. The fraction of sp³-hybridized carbons (Fsp3) is 0.579. The average molecular weight is 690 g/mol. The normalized spacial score (nSPS) is 24.0. The Labute approximate surface area is 287 Å². The summed E-state index contributed by atoms with van der Waals surface area (Å²) in [5.41, 5.74) is 10.1. The monoisotopic (exact) mass is 688 g/mol. The second-order valence-electron chi connectivity index (χ2n) is 13.3. The van der Waals surface area contributed by atoms with Crippen LogP contribution in [-0.4, -0.2) is 22.6 Å².